The SMILES string of the molecule is CN1CCC(C(=O)NS)CC1. The Morgan fingerprint density at radius 3 is 2.55 bits per heavy atom. The number of likely N-dealkylation sites (tertiary alicyclic amines) is 1. The van der Waals surface area contributed by atoms with Crippen LogP contribution >= 0.6 is 12.8 Å². The van der Waals surface area contributed by atoms with Crippen LogP contribution in [0.3, 0.4) is 0 Å². The summed E-state index contributed by atoms with van der Waals surface area (Å²) in [5, 5.41) is 0. The third-order valence-corrected chi connectivity index (χ3v) is 2.42. The van der Waals surface area contributed by atoms with Gasteiger partial charge in [0, 0.05) is 5.92 Å². The van der Waals surface area contributed by atoms with E-state index in [9.17, 15) is 4.79 Å². The second-order valence-corrected chi connectivity index (χ2v) is 3.28. The summed E-state index contributed by atoms with van der Waals surface area (Å²) in [6.45, 7) is 2.04. The van der Waals surface area contributed by atoms with Crippen LogP contribution in [0.15, 0.2) is 0 Å². The molecule has 11 heavy (non-hydrogen) atoms. The monoisotopic (exact) mass is 174 g/mol. The Balaban J connectivity index is 2.33. The van der Waals surface area contributed by atoms with E-state index in [2.05, 4.69) is 29.5 Å². The molecule has 1 fully saturated rings. The van der Waals surface area contributed by atoms with Gasteiger partial charge in [0.2, 0.25) is 5.91 Å². The predicted octanol–water partition coefficient (Wildman–Crippen LogP) is 0.289. The molecule has 0 saturated carbocycles. The lowest BCUT2D eigenvalue weighted by Crippen LogP contribution is -2.36. The summed E-state index contributed by atoms with van der Waals surface area (Å²) in [5.74, 6) is 0.255. The number of carbonyl (C=O) groups excluding carboxylic acids is 1. The zero-order chi connectivity index (χ0) is 8.27. The highest BCUT2D eigenvalue weighted by Gasteiger charge is 2.22. The standard InChI is InChI=1S/C7H14N2OS/c1-9-4-2-6(3-5-9)7(10)8-11/h6,11H,2-5H2,1H3,(H,8,10). The molecule has 3 nitrogen and oxygen atoms in total. The van der Waals surface area contributed by atoms with E-state index in [4.69, 9.17) is 0 Å². The maximum Gasteiger partial charge on any atom is 0.232 e. The van der Waals surface area contributed by atoms with E-state index >= 15 is 0 Å². The van der Waals surface area contributed by atoms with Gasteiger partial charge in [0.1, 0.15) is 0 Å². The van der Waals surface area contributed by atoms with E-state index in [1.54, 1.807) is 0 Å². The van der Waals surface area contributed by atoms with Crippen molar-refractivity contribution in [1.82, 2.24) is 9.62 Å². The van der Waals surface area contributed by atoms with Crippen molar-refractivity contribution < 1.29 is 4.79 Å². The Hall–Kier alpha value is -0.220. The number of hydrogen-bond donors (Lipinski definition) is 2. The van der Waals surface area contributed by atoms with Crippen LogP contribution in [-0.4, -0.2) is 30.9 Å². The number of rotatable bonds is 1. The van der Waals surface area contributed by atoms with Crippen molar-refractivity contribution in [2.24, 2.45) is 5.92 Å². The van der Waals surface area contributed by atoms with Crippen molar-refractivity contribution in [1.29, 1.82) is 0 Å². The molecule has 1 heterocycles. The average Bonchev–Trinajstić information content (AvgIpc) is 2.05. The second-order valence-electron chi connectivity index (χ2n) is 3.05. The van der Waals surface area contributed by atoms with Gasteiger partial charge in [0.05, 0.1) is 0 Å². The van der Waals surface area contributed by atoms with Gasteiger partial charge in [-0.2, -0.15) is 0 Å². The number of thiol groups is 1. The van der Waals surface area contributed by atoms with Crippen molar-refractivity contribution in [3.05, 3.63) is 0 Å². The zero-order valence-corrected chi connectivity index (χ0v) is 7.60. The van der Waals surface area contributed by atoms with Crippen molar-refractivity contribution in [2.75, 3.05) is 20.1 Å². The first-order chi connectivity index (χ1) is 5.24. The minimum absolute atomic E-state index is 0.0708. The van der Waals surface area contributed by atoms with Gasteiger partial charge in [-0.1, -0.05) is 12.8 Å². The van der Waals surface area contributed by atoms with Gasteiger partial charge in [0.15, 0.2) is 0 Å². The van der Waals surface area contributed by atoms with Gasteiger partial charge in [-0.25, -0.2) is 0 Å². The van der Waals surface area contributed by atoms with Gasteiger partial charge in [-0.05, 0) is 33.0 Å². The molecule has 0 aromatic carbocycles. The Morgan fingerprint density at radius 2 is 2.09 bits per heavy atom. The van der Waals surface area contributed by atoms with Crippen LogP contribution in [-0.2, 0) is 4.79 Å². The van der Waals surface area contributed by atoms with Gasteiger partial charge in [-0.15, -0.1) is 0 Å². The Kier molecular flexibility index (Phi) is 3.20. The number of nitrogens with one attached hydrogen (secondary N) is 1. The quantitative estimate of drug-likeness (QED) is 0.560. The van der Waals surface area contributed by atoms with Crippen LogP contribution in [0, 0.1) is 5.92 Å². The maximum atomic E-state index is 11.1. The van der Waals surface area contributed by atoms with E-state index in [1.807, 2.05) is 0 Å². The molecule has 0 aliphatic carbocycles. The molecule has 0 aromatic heterocycles. The third-order valence-electron chi connectivity index (χ3n) is 2.20. The Morgan fingerprint density at radius 1 is 1.55 bits per heavy atom. The molecule has 1 rings (SSSR count). The van der Waals surface area contributed by atoms with Crippen molar-refractivity contribution in [2.45, 2.75) is 12.8 Å². The fraction of sp³-hybridized carbons (Fsp3) is 0.857. The van der Waals surface area contributed by atoms with Crippen LogP contribution in [0.5, 0.6) is 0 Å². The van der Waals surface area contributed by atoms with Gasteiger partial charge < -0.3 is 9.62 Å². The molecule has 0 atom stereocenters. The largest absolute Gasteiger partial charge is 0.306 e. The van der Waals surface area contributed by atoms with Crippen molar-refractivity contribution >= 4 is 18.7 Å². The van der Waals surface area contributed by atoms with Gasteiger partial charge in [0.25, 0.3) is 0 Å². The van der Waals surface area contributed by atoms with Crippen molar-refractivity contribution in [3.63, 3.8) is 0 Å². The molecule has 1 aliphatic heterocycles. The molecule has 0 aromatic rings. The lowest BCUT2D eigenvalue weighted by atomic mass is 9.97. The highest BCUT2D eigenvalue weighted by Crippen LogP contribution is 2.15. The average molecular weight is 174 g/mol. The molecular weight excluding hydrogens is 160 g/mol. The molecule has 1 saturated heterocycles. The normalized spacial score (nSPS) is 21.6. The summed E-state index contributed by atoms with van der Waals surface area (Å²) >= 11 is 3.74. The smallest absolute Gasteiger partial charge is 0.232 e. The van der Waals surface area contributed by atoms with Crippen LogP contribution in [0.25, 0.3) is 0 Å². The Labute approximate surface area is 72.7 Å². The molecule has 1 amide bonds. The number of carbonyl (C=O) groups is 1. The minimum atomic E-state index is 0.0708. The van der Waals surface area contributed by atoms with Gasteiger partial charge >= 0.3 is 0 Å². The molecule has 4 heteroatoms. The Bertz CT molecular complexity index is 143. The molecule has 0 unspecified atom stereocenters. The molecule has 1 aliphatic rings. The van der Waals surface area contributed by atoms with Crippen LogP contribution < -0.4 is 4.72 Å². The molecular formula is C7H14N2OS. The number of nitrogens with zero attached hydrogens (tertiary/aromatic N) is 1. The maximum absolute atomic E-state index is 11.1. The first-order valence-corrected chi connectivity index (χ1v) is 4.31. The van der Waals surface area contributed by atoms with Crippen LogP contribution in [0.1, 0.15) is 12.8 Å². The van der Waals surface area contributed by atoms with E-state index in [1.165, 1.54) is 0 Å². The van der Waals surface area contributed by atoms with Crippen molar-refractivity contribution in [3.8, 4) is 0 Å². The van der Waals surface area contributed by atoms with E-state index in [0.29, 0.717) is 0 Å². The molecule has 1 N–H and O–H groups in total. The molecule has 0 spiro atoms. The summed E-state index contributed by atoms with van der Waals surface area (Å²) in [4.78, 5) is 13.3. The molecule has 0 radical (unpaired) electrons. The molecule has 64 valence electrons. The number of piperidine rings is 1. The van der Waals surface area contributed by atoms with E-state index in [-0.39, 0.29) is 11.8 Å². The first kappa shape index (κ1) is 8.87. The zero-order valence-electron chi connectivity index (χ0n) is 6.71. The highest BCUT2D eigenvalue weighted by atomic mass is 32.1. The summed E-state index contributed by atoms with van der Waals surface area (Å²) in [7, 11) is 2.08. The number of amides is 1. The topological polar surface area (TPSA) is 32.3 Å². The van der Waals surface area contributed by atoms with E-state index in [0.717, 1.165) is 25.9 Å². The van der Waals surface area contributed by atoms with Crippen LogP contribution in [0.4, 0.5) is 0 Å². The number of hydrogen-bond acceptors (Lipinski definition) is 3. The van der Waals surface area contributed by atoms with E-state index < -0.39 is 0 Å². The summed E-state index contributed by atoms with van der Waals surface area (Å²) in [6, 6.07) is 0. The van der Waals surface area contributed by atoms with Crippen LogP contribution in [0.2, 0.25) is 0 Å². The molecule has 0 bridgehead atoms. The first-order valence-electron chi connectivity index (χ1n) is 3.86. The summed E-state index contributed by atoms with van der Waals surface area (Å²) < 4.78 is 2.39. The minimum Gasteiger partial charge on any atom is -0.306 e. The fourth-order valence-corrected chi connectivity index (χ4v) is 1.54. The lowest BCUT2D eigenvalue weighted by Gasteiger charge is -2.27. The fourth-order valence-electron chi connectivity index (χ4n) is 1.36. The second kappa shape index (κ2) is 3.97. The predicted molar refractivity (Wildman–Crippen MR) is 47.3 cm³/mol. The lowest BCUT2D eigenvalue weighted by molar-refractivity contribution is -0.124. The summed E-state index contributed by atoms with van der Waals surface area (Å²) in [6.07, 6.45) is 1.92. The summed E-state index contributed by atoms with van der Waals surface area (Å²) in [5.41, 5.74) is 0. The third kappa shape index (κ3) is 2.38. The highest BCUT2D eigenvalue weighted by molar-refractivity contribution is 7.78. The van der Waals surface area contributed by atoms with Gasteiger partial charge in [-0.3, -0.25) is 4.79 Å².